The highest BCUT2D eigenvalue weighted by molar-refractivity contribution is 6.04. The van der Waals surface area contributed by atoms with Gasteiger partial charge in [-0.1, -0.05) is 12.1 Å². The molecular formula is C24H22F3N3O4. The second-order valence-corrected chi connectivity index (χ2v) is 7.67. The van der Waals surface area contributed by atoms with Crippen LogP contribution in [0.3, 0.4) is 0 Å². The molecule has 2 N–H and O–H groups in total. The van der Waals surface area contributed by atoms with Gasteiger partial charge >= 0.3 is 12.3 Å². The fraction of sp³-hybridized carbons (Fsp3) is 0.208. The summed E-state index contributed by atoms with van der Waals surface area (Å²) in [7, 11) is 3.66. The zero-order chi connectivity index (χ0) is 24.9. The second-order valence-electron chi connectivity index (χ2n) is 7.67. The Labute approximate surface area is 193 Å². The van der Waals surface area contributed by atoms with Gasteiger partial charge in [0.15, 0.2) is 0 Å². The highest BCUT2D eigenvalue weighted by Gasteiger charge is 2.31. The number of carbonyl (C=O) groups is 2. The maximum absolute atomic E-state index is 12.4. The number of hydrogen-bond donors (Lipinski definition) is 2. The number of aromatic nitrogens is 1. The third kappa shape index (κ3) is 6.96. The number of nitrogens with zero attached hydrogens (tertiary/aromatic N) is 2. The summed E-state index contributed by atoms with van der Waals surface area (Å²) in [6.07, 6.45) is -2.84. The van der Waals surface area contributed by atoms with Crippen molar-refractivity contribution < 1.29 is 32.6 Å². The largest absolute Gasteiger partial charge is 0.573 e. The Kier molecular flexibility index (Phi) is 7.40. The standard InChI is InChI=1S/C24H22F3N3O4/c1-30(2)21-13-19(28-14-17(21)12-22(31)32)11-15-3-7-18(8-4-15)29-23(33)16-5-9-20(10-6-16)34-24(25,26)27/h3-10,13-14H,11-12H2,1-2H3,(H,29,33)(H,31,32). The van der Waals surface area contributed by atoms with E-state index in [2.05, 4.69) is 15.0 Å². The van der Waals surface area contributed by atoms with Gasteiger partial charge in [-0.15, -0.1) is 13.2 Å². The van der Waals surface area contributed by atoms with E-state index >= 15 is 0 Å². The molecule has 0 aliphatic rings. The molecule has 0 unspecified atom stereocenters. The van der Waals surface area contributed by atoms with Gasteiger partial charge in [-0.05, 0) is 48.0 Å². The zero-order valence-electron chi connectivity index (χ0n) is 18.4. The second kappa shape index (κ2) is 10.2. The molecule has 0 saturated heterocycles. The van der Waals surface area contributed by atoms with E-state index in [0.717, 1.165) is 29.1 Å². The number of nitrogens with one attached hydrogen (secondary N) is 1. The molecule has 1 aromatic heterocycles. The van der Waals surface area contributed by atoms with Crippen LogP contribution in [0.2, 0.25) is 0 Å². The van der Waals surface area contributed by atoms with Gasteiger partial charge in [-0.3, -0.25) is 14.6 Å². The van der Waals surface area contributed by atoms with Crippen molar-refractivity contribution in [2.24, 2.45) is 0 Å². The van der Waals surface area contributed by atoms with Crippen molar-refractivity contribution in [1.82, 2.24) is 4.98 Å². The van der Waals surface area contributed by atoms with Crippen LogP contribution < -0.4 is 15.0 Å². The Morgan fingerprint density at radius 2 is 1.71 bits per heavy atom. The Balaban J connectivity index is 1.64. The summed E-state index contributed by atoms with van der Waals surface area (Å²) in [5.41, 5.74) is 3.79. The van der Waals surface area contributed by atoms with Crippen LogP contribution in [-0.4, -0.2) is 42.4 Å². The van der Waals surface area contributed by atoms with Gasteiger partial charge in [0.2, 0.25) is 0 Å². The van der Waals surface area contributed by atoms with E-state index in [1.807, 2.05) is 37.2 Å². The van der Waals surface area contributed by atoms with Crippen LogP contribution in [0.15, 0.2) is 60.8 Å². The van der Waals surface area contributed by atoms with Crippen molar-refractivity contribution in [3.05, 3.63) is 83.2 Å². The quantitative estimate of drug-likeness (QED) is 0.500. The van der Waals surface area contributed by atoms with Gasteiger partial charge < -0.3 is 20.1 Å². The molecule has 0 saturated carbocycles. The van der Waals surface area contributed by atoms with Crippen molar-refractivity contribution >= 4 is 23.3 Å². The molecule has 178 valence electrons. The fourth-order valence-corrected chi connectivity index (χ4v) is 3.25. The Morgan fingerprint density at radius 1 is 1.06 bits per heavy atom. The van der Waals surface area contributed by atoms with E-state index in [0.29, 0.717) is 17.7 Å². The summed E-state index contributed by atoms with van der Waals surface area (Å²) in [6, 6.07) is 13.5. The summed E-state index contributed by atoms with van der Waals surface area (Å²) in [6.45, 7) is 0. The number of alkyl halides is 3. The zero-order valence-corrected chi connectivity index (χ0v) is 18.4. The first-order valence-electron chi connectivity index (χ1n) is 10.1. The number of aliphatic carboxylic acids is 1. The summed E-state index contributed by atoms with van der Waals surface area (Å²) in [5, 5.41) is 11.8. The third-order valence-electron chi connectivity index (χ3n) is 4.79. The SMILES string of the molecule is CN(C)c1cc(Cc2ccc(NC(=O)c3ccc(OC(F)(F)F)cc3)cc2)ncc1CC(=O)O. The summed E-state index contributed by atoms with van der Waals surface area (Å²) in [4.78, 5) is 29.6. The van der Waals surface area contributed by atoms with Crippen molar-refractivity contribution in [3.8, 4) is 5.75 Å². The number of rotatable bonds is 8. The lowest BCUT2D eigenvalue weighted by molar-refractivity contribution is -0.274. The number of hydrogen-bond acceptors (Lipinski definition) is 5. The molecule has 3 aromatic rings. The first kappa shape index (κ1) is 24.6. The smallest absolute Gasteiger partial charge is 0.481 e. The van der Waals surface area contributed by atoms with Crippen molar-refractivity contribution in [2.75, 3.05) is 24.3 Å². The van der Waals surface area contributed by atoms with E-state index in [1.165, 1.54) is 12.1 Å². The van der Waals surface area contributed by atoms with Crippen LogP contribution in [0.1, 0.15) is 27.2 Å². The predicted octanol–water partition coefficient (Wildman–Crippen LogP) is 4.52. The minimum absolute atomic E-state index is 0.118. The molecular weight excluding hydrogens is 451 g/mol. The topological polar surface area (TPSA) is 91.8 Å². The Morgan fingerprint density at radius 3 is 2.26 bits per heavy atom. The molecule has 2 aromatic carbocycles. The van der Waals surface area contributed by atoms with Gasteiger partial charge in [0.1, 0.15) is 5.75 Å². The third-order valence-corrected chi connectivity index (χ3v) is 4.79. The molecule has 34 heavy (non-hydrogen) atoms. The average Bonchev–Trinajstić information content (AvgIpc) is 2.75. The highest BCUT2D eigenvalue weighted by Crippen LogP contribution is 2.24. The lowest BCUT2D eigenvalue weighted by Crippen LogP contribution is -2.17. The van der Waals surface area contributed by atoms with Gasteiger partial charge in [-0.2, -0.15) is 0 Å². The highest BCUT2D eigenvalue weighted by atomic mass is 19.4. The van der Waals surface area contributed by atoms with Gasteiger partial charge in [0.05, 0.1) is 6.42 Å². The van der Waals surface area contributed by atoms with Crippen LogP contribution >= 0.6 is 0 Å². The maximum atomic E-state index is 12.4. The van der Waals surface area contributed by atoms with Crippen LogP contribution in [-0.2, 0) is 17.6 Å². The molecule has 1 amide bonds. The Bertz CT molecular complexity index is 1160. The van der Waals surface area contributed by atoms with Gasteiger partial charge in [0.25, 0.3) is 5.91 Å². The molecule has 0 radical (unpaired) electrons. The molecule has 1 heterocycles. The van der Waals surface area contributed by atoms with Gasteiger partial charge in [0, 0.05) is 54.9 Å². The van der Waals surface area contributed by atoms with Crippen LogP contribution in [0, 0.1) is 0 Å². The van der Waals surface area contributed by atoms with E-state index in [9.17, 15) is 22.8 Å². The minimum Gasteiger partial charge on any atom is -0.481 e. The molecule has 0 aliphatic carbocycles. The summed E-state index contributed by atoms with van der Waals surface area (Å²) < 4.78 is 40.5. The molecule has 0 spiro atoms. The van der Waals surface area contributed by atoms with Crippen LogP contribution in [0.5, 0.6) is 5.75 Å². The molecule has 0 aliphatic heterocycles. The van der Waals surface area contributed by atoms with Crippen LogP contribution in [0.4, 0.5) is 24.5 Å². The molecule has 0 bridgehead atoms. The number of carboxylic acid groups (broad SMARTS) is 1. The Hall–Kier alpha value is -4.08. The molecule has 7 nitrogen and oxygen atoms in total. The lowest BCUT2D eigenvalue weighted by atomic mass is 10.1. The number of carboxylic acids is 1. The predicted molar refractivity (Wildman–Crippen MR) is 120 cm³/mol. The van der Waals surface area contributed by atoms with E-state index in [1.54, 1.807) is 18.3 Å². The van der Waals surface area contributed by atoms with E-state index < -0.39 is 24.0 Å². The monoisotopic (exact) mass is 473 g/mol. The normalized spacial score (nSPS) is 11.1. The number of halogens is 3. The van der Waals surface area contributed by atoms with Crippen molar-refractivity contribution in [3.63, 3.8) is 0 Å². The average molecular weight is 473 g/mol. The van der Waals surface area contributed by atoms with E-state index in [-0.39, 0.29) is 12.0 Å². The van der Waals surface area contributed by atoms with Crippen molar-refractivity contribution in [1.29, 1.82) is 0 Å². The number of anilines is 2. The summed E-state index contributed by atoms with van der Waals surface area (Å²) in [5.74, 6) is -1.81. The number of pyridine rings is 1. The molecule has 0 fully saturated rings. The number of amides is 1. The fourth-order valence-electron chi connectivity index (χ4n) is 3.25. The number of benzene rings is 2. The van der Waals surface area contributed by atoms with Crippen LogP contribution in [0.25, 0.3) is 0 Å². The van der Waals surface area contributed by atoms with E-state index in [4.69, 9.17) is 5.11 Å². The number of carbonyl (C=O) groups excluding carboxylic acids is 1. The maximum Gasteiger partial charge on any atom is 0.573 e. The number of ether oxygens (including phenoxy) is 1. The first-order valence-corrected chi connectivity index (χ1v) is 10.1. The first-order chi connectivity index (χ1) is 16.0. The molecule has 3 rings (SSSR count). The molecule has 10 heteroatoms. The van der Waals surface area contributed by atoms with Crippen molar-refractivity contribution in [2.45, 2.75) is 19.2 Å². The lowest BCUT2D eigenvalue weighted by Gasteiger charge is -2.17. The minimum atomic E-state index is -4.80. The van der Waals surface area contributed by atoms with Gasteiger partial charge in [-0.25, -0.2) is 0 Å². The summed E-state index contributed by atoms with van der Waals surface area (Å²) >= 11 is 0. The molecule has 0 atom stereocenters.